The van der Waals surface area contributed by atoms with Gasteiger partial charge in [-0.1, -0.05) is 60.3 Å². The lowest BCUT2D eigenvalue weighted by Gasteiger charge is -2.59. The van der Waals surface area contributed by atoms with Gasteiger partial charge in [-0.15, -0.1) is 0 Å². The molecule has 0 aromatic carbocycles. The Morgan fingerprint density at radius 1 is 1.00 bits per heavy atom. The van der Waals surface area contributed by atoms with Crippen molar-refractivity contribution in [2.75, 3.05) is 6.54 Å². The largest absolute Gasteiger partial charge is 0.461 e. The average molecular weight is 514 g/mol. The molecule has 2 unspecified atom stereocenters. The van der Waals surface area contributed by atoms with Crippen LogP contribution in [0.4, 0.5) is 0 Å². The molecule has 1 N–H and O–H groups in total. The lowest BCUT2D eigenvalue weighted by Crippen LogP contribution is -2.59. The number of carbonyl (C=O) groups is 1. The zero-order valence-corrected chi connectivity index (χ0v) is 24.5. The van der Waals surface area contributed by atoms with Crippen molar-refractivity contribution < 1.29 is 14.3 Å². The van der Waals surface area contributed by atoms with E-state index >= 15 is 0 Å². The van der Waals surface area contributed by atoms with Gasteiger partial charge < -0.3 is 14.8 Å². The van der Waals surface area contributed by atoms with E-state index in [1.807, 2.05) is 0 Å². The number of piperidine rings is 1. The van der Waals surface area contributed by atoms with Crippen LogP contribution in [0.3, 0.4) is 0 Å². The molecule has 4 nitrogen and oxygen atoms in total. The highest BCUT2D eigenvalue weighted by atomic mass is 16.6. The van der Waals surface area contributed by atoms with Crippen molar-refractivity contribution in [1.29, 1.82) is 0 Å². The van der Waals surface area contributed by atoms with Crippen LogP contribution >= 0.6 is 0 Å². The topological polar surface area (TPSA) is 50.9 Å². The van der Waals surface area contributed by atoms with Crippen molar-refractivity contribution in [3.05, 3.63) is 0 Å². The normalized spacial score (nSPS) is 49.4. The van der Waals surface area contributed by atoms with Gasteiger partial charge in [0, 0.05) is 11.8 Å². The molecule has 210 valence electrons. The van der Waals surface area contributed by atoms with Gasteiger partial charge in [-0.2, -0.15) is 0 Å². The van der Waals surface area contributed by atoms with Gasteiger partial charge in [0.2, 0.25) is 0 Å². The number of fused-ring (bicyclic) bond motifs is 4. The number of epoxide rings is 1. The molecule has 2 heterocycles. The quantitative estimate of drug-likeness (QED) is 0.287. The number of hydrogen-bond acceptors (Lipinski definition) is 4. The summed E-state index contributed by atoms with van der Waals surface area (Å²) in [6.07, 6.45) is 18.0. The molecule has 37 heavy (non-hydrogen) atoms. The fourth-order valence-electron chi connectivity index (χ4n) is 11.1. The van der Waals surface area contributed by atoms with Gasteiger partial charge in [-0.25, -0.2) is 0 Å². The van der Waals surface area contributed by atoms with E-state index in [0.29, 0.717) is 11.5 Å². The van der Waals surface area contributed by atoms with Crippen molar-refractivity contribution in [2.45, 2.75) is 148 Å². The van der Waals surface area contributed by atoms with Crippen LogP contribution in [-0.2, 0) is 14.3 Å². The molecule has 0 aromatic heterocycles. The summed E-state index contributed by atoms with van der Waals surface area (Å²) in [4.78, 5) is 12.9. The van der Waals surface area contributed by atoms with E-state index in [2.05, 4.69) is 39.9 Å². The summed E-state index contributed by atoms with van der Waals surface area (Å²) >= 11 is 0. The Morgan fingerprint density at radius 3 is 2.59 bits per heavy atom. The van der Waals surface area contributed by atoms with E-state index < -0.39 is 0 Å². The molecule has 2 saturated heterocycles. The predicted molar refractivity (Wildman–Crippen MR) is 148 cm³/mol. The first-order valence-corrected chi connectivity index (χ1v) is 16.3. The summed E-state index contributed by atoms with van der Waals surface area (Å²) in [5.74, 6) is 5.11. The van der Waals surface area contributed by atoms with Gasteiger partial charge >= 0.3 is 5.97 Å². The van der Waals surface area contributed by atoms with Gasteiger partial charge in [0.25, 0.3) is 0 Å². The Bertz CT molecular complexity index is 853. The molecule has 0 amide bonds. The van der Waals surface area contributed by atoms with Crippen LogP contribution in [-0.4, -0.2) is 36.4 Å². The lowest BCUT2D eigenvalue weighted by atomic mass is 9.44. The van der Waals surface area contributed by atoms with E-state index in [0.717, 1.165) is 67.7 Å². The molecule has 11 atom stereocenters. The maximum absolute atomic E-state index is 12.9. The van der Waals surface area contributed by atoms with E-state index in [4.69, 9.17) is 9.47 Å². The van der Waals surface area contributed by atoms with Crippen LogP contribution in [0.2, 0.25) is 0 Å². The molecule has 6 fully saturated rings. The van der Waals surface area contributed by atoms with Crippen LogP contribution in [0.15, 0.2) is 0 Å². The van der Waals surface area contributed by atoms with Crippen LogP contribution in [0, 0.1) is 46.3 Å². The minimum Gasteiger partial charge on any atom is -0.461 e. The van der Waals surface area contributed by atoms with Gasteiger partial charge in [0.15, 0.2) is 0 Å². The molecule has 2 aliphatic heterocycles. The highest BCUT2D eigenvalue weighted by Gasteiger charge is 2.76. The monoisotopic (exact) mass is 513 g/mol. The molecular formula is C33H55NO3. The first-order valence-electron chi connectivity index (χ1n) is 16.3. The molecule has 6 aliphatic rings. The number of carbonyl (C=O) groups excluding carboxylic acids is 1. The fraction of sp³-hybridized carbons (Fsp3) is 0.970. The Labute approximate surface area is 226 Å². The summed E-state index contributed by atoms with van der Waals surface area (Å²) in [6.45, 7) is 13.5. The van der Waals surface area contributed by atoms with Gasteiger partial charge in [0.05, 0.1) is 6.10 Å². The average Bonchev–Trinajstić information content (AvgIpc) is 3.45. The van der Waals surface area contributed by atoms with Crippen molar-refractivity contribution in [1.82, 2.24) is 5.32 Å². The highest BCUT2D eigenvalue weighted by molar-refractivity contribution is 5.76. The maximum Gasteiger partial charge on any atom is 0.323 e. The molecule has 4 saturated carbocycles. The van der Waals surface area contributed by atoms with Crippen LogP contribution in [0.5, 0.6) is 0 Å². The molecule has 1 spiro atoms. The van der Waals surface area contributed by atoms with E-state index in [1.54, 1.807) is 0 Å². The SMILES string of the molecule is CC(C)CCC[C@@H](C)[C@H]1CC[C@H]2[C@@H]3C[C@@H]4O[C@@]45CC(OC(=O)C4CCCCN4)CC[C@]5(C)[C@H]3CC[C@]12C. The summed E-state index contributed by atoms with van der Waals surface area (Å²) in [5.41, 5.74) is 0.769. The third kappa shape index (κ3) is 4.34. The Kier molecular flexibility index (Phi) is 7.04. The molecule has 0 bridgehead atoms. The lowest BCUT2D eigenvalue weighted by molar-refractivity contribution is -0.163. The Morgan fingerprint density at radius 2 is 1.84 bits per heavy atom. The second kappa shape index (κ2) is 9.79. The van der Waals surface area contributed by atoms with Crippen LogP contribution in [0.1, 0.15) is 125 Å². The summed E-state index contributed by atoms with van der Waals surface area (Å²) in [6, 6.07) is -0.0923. The van der Waals surface area contributed by atoms with E-state index in [1.165, 1.54) is 64.2 Å². The number of rotatable bonds is 7. The van der Waals surface area contributed by atoms with E-state index in [-0.39, 0.29) is 29.1 Å². The van der Waals surface area contributed by atoms with Crippen molar-refractivity contribution in [3.63, 3.8) is 0 Å². The molecular weight excluding hydrogens is 458 g/mol. The standard InChI is InChI=1S/C33H55NO3/c1-21(2)9-8-10-22(3)25-12-13-26-24-19-29-33(37-29)20-23(36-30(35)28-11-6-7-18-34-28)14-17-32(33,5)27(24)15-16-31(25,26)4/h21-29,34H,6-20H2,1-5H3/t22-,23?,24+,25-,26+,27+,28?,29+,31-,32-,33+/m1/s1. The fourth-order valence-corrected chi connectivity index (χ4v) is 11.1. The van der Waals surface area contributed by atoms with Gasteiger partial charge in [-0.05, 0) is 105 Å². The third-order valence-corrected chi connectivity index (χ3v) is 13.1. The molecule has 0 aromatic rings. The summed E-state index contributed by atoms with van der Waals surface area (Å²) < 4.78 is 12.9. The molecule has 4 aliphatic carbocycles. The molecule has 0 radical (unpaired) electrons. The van der Waals surface area contributed by atoms with Gasteiger partial charge in [0.1, 0.15) is 17.7 Å². The van der Waals surface area contributed by atoms with E-state index in [9.17, 15) is 4.79 Å². The zero-order chi connectivity index (χ0) is 26.0. The van der Waals surface area contributed by atoms with Crippen molar-refractivity contribution in [3.8, 4) is 0 Å². The minimum atomic E-state index is -0.0923. The number of hydrogen-bond donors (Lipinski definition) is 1. The Hall–Kier alpha value is -0.610. The number of ether oxygens (including phenoxy) is 2. The first kappa shape index (κ1) is 26.6. The maximum atomic E-state index is 12.9. The van der Waals surface area contributed by atoms with Crippen molar-refractivity contribution >= 4 is 5.97 Å². The smallest absolute Gasteiger partial charge is 0.323 e. The number of esters is 1. The van der Waals surface area contributed by atoms with Crippen LogP contribution in [0.25, 0.3) is 0 Å². The highest BCUT2D eigenvalue weighted by Crippen LogP contribution is 2.74. The summed E-state index contributed by atoms with van der Waals surface area (Å²) in [7, 11) is 0. The minimum absolute atomic E-state index is 0.0106. The molecule has 4 heteroatoms. The van der Waals surface area contributed by atoms with Crippen molar-refractivity contribution in [2.24, 2.45) is 46.3 Å². The Balaban J connectivity index is 1.12. The zero-order valence-electron chi connectivity index (χ0n) is 24.5. The summed E-state index contributed by atoms with van der Waals surface area (Å²) in [5, 5.41) is 3.38. The molecule has 6 rings (SSSR count). The second-order valence-electron chi connectivity index (χ2n) is 15.4. The predicted octanol–water partition coefficient (Wildman–Crippen LogP) is 7.29. The first-order chi connectivity index (χ1) is 17.7. The van der Waals surface area contributed by atoms with Gasteiger partial charge in [-0.3, -0.25) is 4.79 Å². The third-order valence-electron chi connectivity index (χ3n) is 13.1. The number of nitrogens with one attached hydrogen (secondary N) is 1. The van der Waals surface area contributed by atoms with Crippen LogP contribution < -0.4 is 5.32 Å². The second-order valence-corrected chi connectivity index (χ2v) is 15.4.